The lowest BCUT2D eigenvalue weighted by Gasteiger charge is -2.28. The summed E-state index contributed by atoms with van der Waals surface area (Å²) in [5.41, 5.74) is 0. The van der Waals surface area contributed by atoms with Crippen LogP contribution in [0.1, 0.15) is 13.8 Å². The molecule has 0 aromatic rings. The molecule has 0 amide bonds. The first kappa shape index (κ1) is 9.80. The van der Waals surface area contributed by atoms with E-state index in [0.717, 1.165) is 4.90 Å². The van der Waals surface area contributed by atoms with Crippen LogP contribution in [0.3, 0.4) is 0 Å². The lowest BCUT2D eigenvalue weighted by Crippen LogP contribution is -2.47. The van der Waals surface area contributed by atoms with Crippen molar-refractivity contribution in [2.45, 2.75) is 32.7 Å². The van der Waals surface area contributed by atoms with Gasteiger partial charge in [-0.15, -0.1) is 0 Å². The Morgan fingerprint density at radius 3 is 1.20 bits per heavy atom. The quantitative estimate of drug-likeness (QED) is 0.359. The van der Waals surface area contributed by atoms with Crippen molar-refractivity contribution in [3.05, 3.63) is 0 Å². The molecule has 2 unspecified atom stereocenters. The highest BCUT2D eigenvalue weighted by atomic mass is 16.5. The standard InChI is InChI=1S/C5H13NO4/c1-3(7)6(4(2)8)5(9)10/h3-5,7-10H,1-2H3. The molecule has 62 valence electrons. The van der Waals surface area contributed by atoms with Crippen LogP contribution in [-0.4, -0.2) is 44.2 Å². The highest BCUT2D eigenvalue weighted by molar-refractivity contribution is 4.54. The minimum absolute atomic E-state index is 0.722. The minimum Gasteiger partial charge on any atom is -0.378 e. The van der Waals surface area contributed by atoms with Crippen LogP contribution in [0.4, 0.5) is 0 Å². The zero-order valence-corrected chi connectivity index (χ0v) is 5.97. The van der Waals surface area contributed by atoms with Crippen molar-refractivity contribution in [3.8, 4) is 0 Å². The summed E-state index contributed by atoms with van der Waals surface area (Å²) in [6.45, 7) is 2.65. The van der Waals surface area contributed by atoms with Gasteiger partial charge >= 0.3 is 0 Å². The summed E-state index contributed by atoms with van der Waals surface area (Å²) in [4.78, 5) is 0.722. The molecule has 0 aromatic heterocycles. The fraction of sp³-hybridized carbons (Fsp3) is 1.00. The van der Waals surface area contributed by atoms with E-state index in [2.05, 4.69) is 0 Å². The topological polar surface area (TPSA) is 84.2 Å². The van der Waals surface area contributed by atoms with E-state index in [1.165, 1.54) is 13.8 Å². The van der Waals surface area contributed by atoms with E-state index in [9.17, 15) is 0 Å². The fourth-order valence-corrected chi connectivity index (χ4v) is 0.698. The van der Waals surface area contributed by atoms with E-state index in [1.54, 1.807) is 0 Å². The van der Waals surface area contributed by atoms with Gasteiger partial charge in [-0.05, 0) is 13.8 Å². The van der Waals surface area contributed by atoms with E-state index in [0.29, 0.717) is 0 Å². The largest absolute Gasteiger partial charge is 0.378 e. The van der Waals surface area contributed by atoms with Gasteiger partial charge in [0.1, 0.15) is 12.5 Å². The smallest absolute Gasteiger partial charge is 0.217 e. The summed E-state index contributed by atoms with van der Waals surface area (Å²) in [6, 6.07) is 0. The molecule has 0 saturated carbocycles. The number of aliphatic hydroxyl groups is 4. The van der Waals surface area contributed by atoms with Crippen LogP contribution >= 0.6 is 0 Å². The van der Waals surface area contributed by atoms with Crippen LogP contribution in [0.5, 0.6) is 0 Å². The molecule has 5 heteroatoms. The zero-order valence-electron chi connectivity index (χ0n) is 5.97. The molecule has 10 heavy (non-hydrogen) atoms. The van der Waals surface area contributed by atoms with E-state index < -0.39 is 18.9 Å². The van der Waals surface area contributed by atoms with Gasteiger partial charge in [0.15, 0.2) is 0 Å². The average Bonchev–Trinajstić information content (AvgIpc) is 1.59. The Morgan fingerprint density at radius 2 is 1.20 bits per heavy atom. The minimum atomic E-state index is -1.83. The molecule has 0 rings (SSSR count). The van der Waals surface area contributed by atoms with Crippen LogP contribution in [0.15, 0.2) is 0 Å². The number of hydrogen-bond donors (Lipinski definition) is 4. The normalized spacial score (nSPS) is 18.0. The Morgan fingerprint density at radius 1 is 0.900 bits per heavy atom. The van der Waals surface area contributed by atoms with Crippen molar-refractivity contribution in [1.82, 2.24) is 4.90 Å². The predicted molar refractivity (Wildman–Crippen MR) is 33.4 cm³/mol. The third-order valence-electron chi connectivity index (χ3n) is 1.13. The fourth-order valence-electron chi connectivity index (χ4n) is 0.698. The van der Waals surface area contributed by atoms with Crippen molar-refractivity contribution in [3.63, 3.8) is 0 Å². The molecule has 2 atom stereocenters. The van der Waals surface area contributed by atoms with Crippen molar-refractivity contribution >= 4 is 0 Å². The van der Waals surface area contributed by atoms with Crippen LogP contribution < -0.4 is 0 Å². The second-order valence-corrected chi connectivity index (χ2v) is 2.06. The maximum Gasteiger partial charge on any atom is 0.217 e. The van der Waals surface area contributed by atoms with Crippen LogP contribution in [0.2, 0.25) is 0 Å². The van der Waals surface area contributed by atoms with Gasteiger partial charge in [0.2, 0.25) is 6.41 Å². The molecule has 0 aliphatic heterocycles. The molecule has 0 aromatic carbocycles. The van der Waals surface area contributed by atoms with Crippen molar-refractivity contribution < 1.29 is 20.4 Å². The molecular weight excluding hydrogens is 138 g/mol. The summed E-state index contributed by atoms with van der Waals surface area (Å²) in [5.74, 6) is 0. The molecule has 0 fully saturated rings. The molecule has 0 aliphatic rings. The first-order valence-corrected chi connectivity index (χ1v) is 2.96. The van der Waals surface area contributed by atoms with E-state index in [1.807, 2.05) is 0 Å². The summed E-state index contributed by atoms with van der Waals surface area (Å²) < 4.78 is 0. The first-order chi connectivity index (χ1) is 4.46. The highest BCUT2D eigenvalue weighted by Gasteiger charge is 2.21. The van der Waals surface area contributed by atoms with Gasteiger partial charge in [0, 0.05) is 0 Å². The molecule has 5 nitrogen and oxygen atoms in total. The maximum atomic E-state index is 8.80. The van der Waals surface area contributed by atoms with Crippen molar-refractivity contribution in [1.29, 1.82) is 0 Å². The van der Waals surface area contributed by atoms with E-state index >= 15 is 0 Å². The summed E-state index contributed by atoms with van der Waals surface area (Å²) in [5, 5.41) is 34.6. The van der Waals surface area contributed by atoms with Gasteiger partial charge in [-0.2, -0.15) is 0 Å². The Kier molecular flexibility index (Phi) is 3.77. The third kappa shape index (κ3) is 2.59. The number of nitrogens with zero attached hydrogens (tertiary/aromatic N) is 1. The Labute approximate surface area is 59.1 Å². The molecule has 0 radical (unpaired) electrons. The molecule has 0 bridgehead atoms. The Bertz CT molecular complexity index is 74.6. The van der Waals surface area contributed by atoms with Crippen molar-refractivity contribution in [2.24, 2.45) is 0 Å². The molecule has 0 aliphatic carbocycles. The first-order valence-electron chi connectivity index (χ1n) is 2.96. The van der Waals surface area contributed by atoms with E-state index in [-0.39, 0.29) is 0 Å². The zero-order chi connectivity index (χ0) is 8.31. The monoisotopic (exact) mass is 151 g/mol. The molecular formula is C5H13NO4. The average molecular weight is 151 g/mol. The number of aliphatic hydroxyl groups excluding tert-OH is 3. The molecule has 0 saturated heterocycles. The van der Waals surface area contributed by atoms with Gasteiger partial charge in [0.05, 0.1) is 0 Å². The lowest BCUT2D eigenvalue weighted by atomic mass is 10.5. The van der Waals surface area contributed by atoms with Gasteiger partial charge in [-0.1, -0.05) is 0 Å². The SMILES string of the molecule is CC(O)N(C(C)O)C(O)O. The van der Waals surface area contributed by atoms with Gasteiger partial charge in [0.25, 0.3) is 0 Å². The summed E-state index contributed by atoms with van der Waals surface area (Å²) in [7, 11) is 0. The van der Waals surface area contributed by atoms with Gasteiger partial charge < -0.3 is 20.4 Å². The van der Waals surface area contributed by atoms with Gasteiger partial charge in [-0.25, -0.2) is 4.90 Å². The Balaban J connectivity index is 3.98. The summed E-state index contributed by atoms with van der Waals surface area (Å²) in [6.07, 6.45) is -4.00. The summed E-state index contributed by atoms with van der Waals surface area (Å²) >= 11 is 0. The van der Waals surface area contributed by atoms with Crippen LogP contribution in [0.25, 0.3) is 0 Å². The number of rotatable bonds is 3. The van der Waals surface area contributed by atoms with Gasteiger partial charge in [-0.3, -0.25) is 0 Å². The third-order valence-corrected chi connectivity index (χ3v) is 1.13. The lowest BCUT2D eigenvalue weighted by molar-refractivity contribution is -0.246. The number of hydrogen-bond acceptors (Lipinski definition) is 5. The van der Waals surface area contributed by atoms with Crippen LogP contribution in [-0.2, 0) is 0 Å². The second-order valence-electron chi connectivity index (χ2n) is 2.06. The van der Waals surface area contributed by atoms with E-state index in [4.69, 9.17) is 20.4 Å². The highest BCUT2D eigenvalue weighted by Crippen LogP contribution is 2.02. The van der Waals surface area contributed by atoms with Crippen molar-refractivity contribution in [2.75, 3.05) is 0 Å². The second kappa shape index (κ2) is 3.85. The molecule has 4 N–H and O–H groups in total. The maximum absolute atomic E-state index is 8.80. The molecule has 0 heterocycles. The molecule has 0 spiro atoms. The van der Waals surface area contributed by atoms with Crippen LogP contribution in [0, 0.1) is 0 Å². The Hall–Kier alpha value is -0.200. The predicted octanol–water partition coefficient (Wildman–Crippen LogP) is -1.77.